The molecule has 1 aliphatic heterocycles. The second-order valence-electron chi connectivity index (χ2n) is 21.3. The largest absolute Gasteiger partial charge is 0.509 e. The first-order valence-corrected chi connectivity index (χ1v) is 28.8. The predicted molar refractivity (Wildman–Crippen MR) is 357 cm³/mol. The van der Waals surface area contributed by atoms with Crippen molar-refractivity contribution in [3.8, 4) is 73.2 Å². The summed E-state index contributed by atoms with van der Waals surface area (Å²) in [5.41, 5.74) is -12.0. The number of pyridine rings is 1. The summed E-state index contributed by atoms with van der Waals surface area (Å²) < 4.78 is 357. The van der Waals surface area contributed by atoms with Gasteiger partial charge in [0.2, 0.25) is 0 Å². The smallest absolute Gasteiger partial charge is 0.253 e. The summed E-state index contributed by atoms with van der Waals surface area (Å²) in [5, 5.41) is -3.70. The van der Waals surface area contributed by atoms with Crippen molar-refractivity contribution in [3.05, 3.63) is 296 Å². The zero-order valence-electron chi connectivity index (χ0n) is 81.9. The van der Waals surface area contributed by atoms with E-state index in [0.29, 0.717) is 11.3 Å². The van der Waals surface area contributed by atoms with Gasteiger partial charge >= 0.3 is 0 Å². The third-order valence-electron chi connectivity index (χ3n) is 15.2. The summed E-state index contributed by atoms with van der Waals surface area (Å²) >= 11 is 0. The van der Waals surface area contributed by atoms with E-state index >= 15 is 0 Å². The molecule has 0 amide bonds. The van der Waals surface area contributed by atoms with E-state index in [1.165, 1.54) is 28.8 Å². The number of nitrogens with zero attached hydrogens (tertiary/aromatic N) is 4. The van der Waals surface area contributed by atoms with Crippen LogP contribution < -0.4 is 30.1 Å². The summed E-state index contributed by atoms with van der Waals surface area (Å²) in [4.78, 5) is 4.78. The minimum absolute atomic E-state index is 0. The number of imidazole rings is 1. The van der Waals surface area contributed by atoms with Crippen molar-refractivity contribution in [3.63, 3.8) is 0 Å². The second-order valence-corrected chi connectivity index (χ2v) is 24.8. The minimum atomic E-state index is -6.87. The average Bonchev–Trinajstić information content (AvgIpc) is 1.67. The average molecular weight is 1360 g/mol. The van der Waals surface area contributed by atoms with Crippen LogP contribution in [0.15, 0.2) is 273 Å². The molecule has 0 saturated carbocycles. The maximum absolute atomic E-state index is 11.5. The molecule has 7 heteroatoms. The fraction of sp³-hybridized carbons (Fsp3) is 0.100. The summed E-state index contributed by atoms with van der Waals surface area (Å²) in [5.74, 6) is 0.496. The number of fused-ring (bicyclic) bond motifs is 10. The van der Waals surface area contributed by atoms with Crippen LogP contribution in [0.2, 0.25) is 0 Å². The van der Waals surface area contributed by atoms with Gasteiger partial charge < -0.3 is 9.30 Å². The summed E-state index contributed by atoms with van der Waals surface area (Å²) in [7, 11) is -6.87. The molecule has 11 aromatic carbocycles. The minimum Gasteiger partial charge on any atom is -0.509 e. The third-order valence-corrected chi connectivity index (χ3v) is 19.2. The van der Waals surface area contributed by atoms with Crippen LogP contribution in [0.3, 0.4) is 0 Å². The molecule has 0 unspecified atom stereocenters. The molecule has 14 aromatic rings. The number of hydrogen-bond acceptors (Lipinski definition) is 2. The number of hydrogen-bond donors (Lipinski definition) is 0. The molecule has 87 heavy (non-hydrogen) atoms. The van der Waals surface area contributed by atoms with Gasteiger partial charge in [0.25, 0.3) is 6.33 Å². The number of aromatic nitrogens is 4. The Morgan fingerprint density at radius 2 is 1.15 bits per heavy atom. The van der Waals surface area contributed by atoms with Crippen LogP contribution in [0.1, 0.15) is 102 Å². The number of ether oxygens (including phenoxy) is 1. The fourth-order valence-corrected chi connectivity index (χ4v) is 14.9. The topological polar surface area (TPSA) is 35.9 Å². The normalized spacial score (nSPS) is 18.5. The van der Waals surface area contributed by atoms with Crippen LogP contribution >= 0.6 is 0 Å². The Bertz CT molecular complexity index is 6670. The van der Waals surface area contributed by atoms with Gasteiger partial charge in [0.05, 0.1) is 37.0 Å². The standard InChI is InChI=1S/C80H63N4OSi.Pt/c1-79(2,3)56-45-46-81-76(49-56)84-73-40-22-21-37-67(73)68-43-41-59(51-74(68)84)85-58-28-23-27-57(50-58)82-53-83-77-69(38-24-39-72(77)80(4,5)6)70-52-63(86(60-29-13-8-14-30-60,61-31-15-9-16-32-61)62-33-17-10-18-34-62)42-44-66(70)64-35-19-20-36-65(64)71-47-55(48-75(82)78(71)83)54-25-11-7-12-26-54;/h7-49,52-53H,1-6H3;/q-1;/i4D3,5D3,6D3,7D,8D,9D,10D,11D,12D,13D,14D,15D,16D,17D,18D,19D,20D,25D,26D,29D,30D,31D,32D,33D,34D,35D,36D,42D,44D,52D;. The van der Waals surface area contributed by atoms with Gasteiger partial charge in [-0.3, -0.25) is 0 Å². The Labute approximate surface area is 575 Å². The van der Waals surface area contributed by atoms with Crippen molar-refractivity contribution < 1.29 is 79.7 Å². The monoisotopic (exact) mass is 1350 g/mol. The van der Waals surface area contributed by atoms with Crippen LogP contribution in [0.5, 0.6) is 11.5 Å². The third kappa shape index (κ3) is 9.42. The zero-order chi connectivity index (χ0) is 89.3. The molecule has 5 nitrogen and oxygen atoms in total. The molecule has 0 atom stereocenters. The first-order valence-electron chi connectivity index (χ1n) is 44.8. The van der Waals surface area contributed by atoms with Gasteiger partial charge in [0.15, 0.2) is 19.1 Å². The molecule has 424 valence electrons. The first-order chi connectivity index (χ1) is 56.9. The molecule has 0 bridgehead atoms. The Morgan fingerprint density at radius 3 is 1.84 bits per heavy atom. The van der Waals surface area contributed by atoms with Crippen LogP contribution in [0, 0.1) is 12.1 Å². The molecule has 0 saturated heterocycles. The maximum Gasteiger partial charge on any atom is 0.253 e. The summed E-state index contributed by atoms with van der Waals surface area (Å²) in [6.45, 7) is -6.74. The van der Waals surface area contributed by atoms with E-state index in [-0.39, 0.29) is 49.2 Å². The molecule has 4 heterocycles. The predicted octanol–water partition coefficient (Wildman–Crippen LogP) is 16.7. The Balaban J connectivity index is 0.0000123. The summed E-state index contributed by atoms with van der Waals surface area (Å²) in [6.07, 6.45) is 2.76. The van der Waals surface area contributed by atoms with E-state index < -0.39 is 279 Å². The van der Waals surface area contributed by atoms with E-state index in [0.717, 1.165) is 57.0 Å². The van der Waals surface area contributed by atoms with Crippen LogP contribution in [0.4, 0.5) is 0 Å². The van der Waals surface area contributed by atoms with Crippen LogP contribution in [-0.2, 0) is 31.9 Å². The van der Waals surface area contributed by atoms with Crippen LogP contribution in [0.25, 0.3) is 94.5 Å². The van der Waals surface area contributed by atoms with Gasteiger partial charge in [-0.05, 0) is 106 Å². The van der Waals surface area contributed by atoms with Gasteiger partial charge in [-0.15, -0.1) is 29.7 Å². The van der Waals surface area contributed by atoms with Crippen LogP contribution in [-0.4, -0.2) is 22.2 Å². The molecular weight excluding hydrogens is 1260 g/mol. The van der Waals surface area contributed by atoms with Gasteiger partial charge in [-0.2, -0.15) is 16.7 Å². The van der Waals surface area contributed by atoms with Gasteiger partial charge in [-0.1, -0.05) is 252 Å². The van der Waals surface area contributed by atoms with Crippen molar-refractivity contribution in [2.75, 3.05) is 0 Å². The van der Waals surface area contributed by atoms with E-state index in [1.54, 1.807) is 18.3 Å². The number of para-hydroxylation sites is 2. The fourth-order valence-electron chi connectivity index (χ4n) is 11.4. The van der Waals surface area contributed by atoms with Crippen molar-refractivity contribution in [1.82, 2.24) is 14.1 Å². The van der Waals surface area contributed by atoms with Gasteiger partial charge in [0.1, 0.15) is 11.5 Å². The first kappa shape index (κ1) is 28.4. The number of rotatable bonds is 9. The molecule has 15 rings (SSSR count). The Hall–Kier alpha value is -9.45. The molecular formula is C80H63N4OPtSi-. The quantitative estimate of drug-likeness (QED) is 0.0625. The van der Waals surface area contributed by atoms with Crippen molar-refractivity contribution in [2.45, 2.75) is 52.2 Å². The molecule has 0 N–H and O–H groups in total. The van der Waals surface area contributed by atoms with Crippen molar-refractivity contribution in [2.24, 2.45) is 0 Å². The SMILES string of the molecule is [2H]c1c([2H])c([2H])c(-c2cc3c4c(c2)n(-c2[c-]c(Oc5[c-]c6c(cc5)c5ccccc5n6-c5cc(C(C)(C)C)ccn5)ccc2)c[n+]4-c2c(cccc2C(C([2H])([2H])[2H])(C([2H])([2H])[2H])C([2H])([2H])[2H])-c2c([2H])c([Si](c4c([2H])c([2H])c([2H])c([2H])c4[2H])(c4c([2H])c([2H])c([2H])c([2H])c4[2H])c4c([2H])c([2H])c([2H])c([2H])c4[2H])c([2H])c([2H])c2-c2c([2H])c([2H])c([2H])c([2H])c2-3)c([2H])c1[2H].[Pt]. The zero-order valence-corrected chi connectivity index (χ0v) is 49.2. The molecule has 0 aliphatic carbocycles. The van der Waals surface area contributed by atoms with E-state index in [2.05, 4.69) is 32.9 Å². The van der Waals surface area contributed by atoms with Crippen molar-refractivity contribution >= 4 is 61.7 Å². The van der Waals surface area contributed by atoms with E-state index in [1.807, 2.05) is 41.0 Å². The molecule has 0 spiro atoms. The molecule has 0 radical (unpaired) electrons. The van der Waals surface area contributed by atoms with Gasteiger partial charge in [0, 0.05) is 79.0 Å². The maximum atomic E-state index is 11.5. The van der Waals surface area contributed by atoms with E-state index in [9.17, 15) is 41.1 Å². The number of benzene rings is 11. The molecule has 3 aromatic heterocycles. The Morgan fingerprint density at radius 1 is 0.517 bits per heavy atom. The second kappa shape index (κ2) is 21.8. The van der Waals surface area contributed by atoms with Crippen molar-refractivity contribution in [1.29, 1.82) is 0 Å². The summed E-state index contributed by atoms with van der Waals surface area (Å²) in [6, 6.07) is -2.68. The molecule has 1 aliphatic rings. The molecule has 0 fully saturated rings. The van der Waals surface area contributed by atoms with E-state index in [4.69, 9.17) is 17.9 Å². The van der Waals surface area contributed by atoms with Gasteiger partial charge in [-0.25, -0.2) is 9.55 Å². The Kier molecular flexibility index (Phi) is 7.11.